The third-order valence-electron chi connectivity index (χ3n) is 6.24. The van der Waals surface area contributed by atoms with Crippen molar-refractivity contribution in [3.8, 4) is 0 Å². The van der Waals surface area contributed by atoms with E-state index in [9.17, 15) is 9.59 Å². The van der Waals surface area contributed by atoms with Crippen LogP contribution in [-0.4, -0.2) is 24.7 Å². The molecule has 2 aromatic carbocycles. The van der Waals surface area contributed by atoms with Crippen LogP contribution >= 0.6 is 0 Å². The second kappa shape index (κ2) is 10.6. The fourth-order valence-corrected chi connectivity index (χ4v) is 4.21. The van der Waals surface area contributed by atoms with Gasteiger partial charge in [0.1, 0.15) is 0 Å². The summed E-state index contributed by atoms with van der Waals surface area (Å²) in [7, 11) is 0. The van der Waals surface area contributed by atoms with Crippen LogP contribution in [0.4, 0.5) is 11.4 Å². The second-order valence-corrected chi connectivity index (χ2v) is 9.02. The third-order valence-corrected chi connectivity index (χ3v) is 6.24. The van der Waals surface area contributed by atoms with Crippen molar-refractivity contribution in [2.45, 2.75) is 59.8 Å². The molecule has 2 aromatic rings. The van der Waals surface area contributed by atoms with Crippen molar-refractivity contribution in [3.05, 3.63) is 58.7 Å². The van der Waals surface area contributed by atoms with Gasteiger partial charge in [-0.2, -0.15) is 0 Å². The number of hydrogen-bond donors (Lipinski definition) is 2. The topological polar surface area (TPSA) is 58.2 Å². The Morgan fingerprint density at radius 1 is 0.806 bits per heavy atom. The lowest BCUT2D eigenvalue weighted by atomic mass is 9.82. The van der Waals surface area contributed by atoms with Crippen molar-refractivity contribution >= 4 is 22.9 Å². The Morgan fingerprint density at radius 3 is 1.90 bits per heavy atom. The number of rotatable bonds is 11. The summed E-state index contributed by atoms with van der Waals surface area (Å²) in [6.45, 7) is 10.4. The average Bonchev–Trinajstić information content (AvgIpc) is 2.77. The van der Waals surface area contributed by atoms with Gasteiger partial charge >= 0.3 is 0 Å². The van der Waals surface area contributed by atoms with Crippen LogP contribution in [0.2, 0.25) is 0 Å². The summed E-state index contributed by atoms with van der Waals surface area (Å²) in [5, 5.41) is 6.93. The van der Waals surface area contributed by atoms with E-state index in [1.807, 2.05) is 24.3 Å². The first-order valence-electron chi connectivity index (χ1n) is 11.8. The van der Waals surface area contributed by atoms with E-state index in [4.69, 9.17) is 0 Å². The van der Waals surface area contributed by atoms with Crippen molar-refractivity contribution in [1.29, 1.82) is 0 Å². The normalized spacial score (nSPS) is 13.7. The lowest BCUT2D eigenvalue weighted by Crippen LogP contribution is -2.25. The van der Waals surface area contributed by atoms with Gasteiger partial charge in [0.2, 0.25) is 0 Å². The smallest absolute Gasteiger partial charge is 0.196 e. The lowest BCUT2D eigenvalue weighted by Gasteiger charge is -2.25. The monoisotopic (exact) mass is 420 g/mol. The van der Waals surface area contributed by atoms with Crippen molar-refractivity contribution in [2.24, 2.45) is 11.8 Å². The molecule has 0 aliphatic heterocycles. The van der Waals surface area contributed by atoms with E-state index in [2.05, 4.69) is 38.3 Å². The number of carbonyl (C=O) groups excluding carboxylic acids is 2. The summed E-state index contributed by atoms with van der Waals surface area (Å²) in [6, 6.07) is 11.1. The van der Waals surface area contributed by atoms with Crippen LogP contribution in [0, 0.1) is 11.8 Å². The number of nitrogens with one attached hydrogen (secondary N) is 2. The van der Waals surface area contributed by atoms with Gasteiger partial charge in [0, 0.05) is 35.6 Å². The second-order valence-electron chi connectivity index (χ2n) is 9.02. The minimum atomic E-state index is -0.0704. The molecule has 3 rings (SSSR count). The van der Waals surface area contributed by atoms with Crippen LogP contribution in [-0.2, 0) is 0 Å². The lowest BCUT2D eigenvalue weighted by molar-refractivity contribution is 0.0980. The maximum Gasteiger partial charge on any atom is 0.196 e. The van der Waals surface area contributed by atoms with Gasteiger partial charge in [-0.25, -0.2) is 0 Å². The highest BCUT2D eigenvalue weighted by Crippen LogP contribution is 2.36. The molecule has 0 spiro atoms. The molecule has 166 valence electrons. The zero-order chi connectivity index (χ0) is 22.4. The average molecular weight is 421 g/mol. The summed E-state index contributed by atoms with van der Waals surface area (Å²) >= 11 is 0. The molecule has 31 heavy (non-hydrogen) atoms. The fraction of sp³-hybridized carbons (Fsp3) is 0.481. The largest absolute Gasteiger partial charge is 0.384 e. The standard InChI is InChI=1S/C27H36N2O2/c1-5-7-10-19(6-2)17-29-23-14-13-22(28-16-15-18(3)4)24-25(23)27(31)21-12-9-8-11-20(21)26(24)30/h8-9,11-14,18-19,28-29H,5-7,10,15-17H2,1-4H3/t19-/m1/s1. The number of benzene rings is 2. The Balaban J connectivity index is 1.96. The van der Waals surface area contributed by atoms with Gasteiger partial charge in [-0.1, -0.05) is 71.2 Å². The van der Waals surface area contributed by atoms with Gasteiger partial charge in [0.25, 0.3) is 0 Å². The van der Waals surface area contributed by atoms with Crippen LogP contribution in [0.15, 0.2) is 36.4 Å². The first-order valence-corrected chi connectivity index (χ1v) is 11.8. The van der Waals surface area contributed by atoms with E-state index in [1.165, 1.54) is 19.3 Å². The molecule has 0 saturated carbocycles. The molecule has 4 heteroatoms. The number of ketones is 2. The maximum atomic E-state index is 13.5. The molecular formula is C27H36N2O2. The van der Waals surface area contributed by atoms with Gasteiger partial charge in [-0.3, -0.25) is 9.59 Å². The molecule has 2 N–H and O–H groups in total. The first-order chi connectivity index (χ1) is 15.0. The van der Waals surface area contributed by atoms with Crippen molar-refractivity contribution in [2.75, 3.05) is 23.7 Å². The summed E-state index contributed by atoms with van der Waals surface area (Å²) in [5.41, 5.74) is 3.56. The molecule has 0 radical (unpaired) electrons. The molecule has 1 atom stereocenters. The zero-order valence-electron chi connectivity index (χ0n) is 19.4. The summed E-state index contributed by atoms with van der Waals surface area (Å²) in [4.78, 5) is 26.9. The summed E-state index contributed by atoms with van der Waals surface area (Å²) < 4.78 is 0. The predicted octanol–water partition coefficient (Wildman–Crippen LogP) is 6.55. The van der Waals surface area contributed by atoms with Crippen LogP contribution in [0.1, 0.15) is 91.6 Å². The SMILES string of the molecule is CCCC[C@@H](CC)CNc1ccc(NCCC(C)C)c2c1C(=O)c1ccccc1C2=O. The molecule has 1 aliphatic carbocycles. The van der Waals surface area contributed by atoms with Gasteiger partial charge in [0.05, 0.1) is 11.1 Å². The minimum absolute atomic E-state index is 0.0678. The van der Waals surface area contributed by atoms with E-state index in [-0.39, 0.29) is 11.6 Å². The number of hydrogen-bond acceptors (Lipinski definition) is 4. The molecule has 0 heterocycles. The van der Waals surface area contributed by atoms with Crippen molar-refractivity contribution < 1.29 is 9.59 Å². The maximum absolute atomic E-state index is 13.5. The fourth-order valence-electron chi connectivity index (χ4n) is 4.21. The van der Waals surface area contributed by atoms with E-state index in [0.717, 1.165) is 37.3 Å². The van der Waals surface area contributed by atoms with Crippen molar-refractivity contribution in [3.63, 3.8) is 0 Å². The quantitative estimate of drug-likeness (QED) is 0.369. The Kier molecular flexibility index (Phi) is 7.89. The summed E-state index contributed by atoms with van der Waals surface area (Å²) in [6.07, 6.45) is 5.67. The Hall–Kier alpha value is -2.62. The van der Waals surface area contributed by atoms with Gasteiger partial charge in [-0.15, -0.1) is 0 Å². The highest BCUT2D eigenvalue weighted by Gasteiger charge is 2.33. The van der Waals surface area contributed by atoms with Crippen LogP contribution in [0.5, 0.6) is 0 Å². The highest BCUT2D eigenvalue weighted by molar-refractivity contribution is 6.31. The van der Waals surface area contributed by atoms with Gasteiger partial charge in [0.15, 0.2) is 11.6 Å². The third kappa shape index (κ3) is 5.17. The van der Waals surface area contributed by atoms with E-state index in [0.29, 0.717) is 34.1 Å². The highest BCUT2D eigenvalue weighted by atomic mass is 16.1. The molecule has 1 aliphatic rings. The molecule has 0 saturated heterocycles. The van der Waals surface area contributed by atoms with E-state index in [1.54, 1.807) is 12.1 Å². The van der Waals surface area contributed by atoms with Gasteiger partial charge in [-0.05, 0) is 36.8 Å². The number of unbranched alkanes of at least 4 members (excludes halogenated alkanes) is 1. The number of fused-ring (bicyclic) bond motifs is 2. The molecule has 0 unspecified atom stereocenters. The molecular weight excluding hydrogens is 384 g/mol. The van der Waals surface area contributed by atoms with Crippen LogP contribution in [0.25, 0.3) is 0 Å². The molecule has 0 bridgehead atoms. The van der Waals surface area contributed by atoms with Gasteiger partial charge < -0.3 is 10.6 Å². The Bertz CT molecular complexity index is 933. The molecule has 0 aromatic heterocycles. The van der Waals surface area contributed by atoms with Crippen LogP contribution in [0.3, 0.4) is 0 Å². The summed E-state index contributed by atoms with van der Waals surface area (Å²) in [5.74, 6) is 0.985. The zero-order valence-corrected chi connectivity index (χ0v) is 19.4. The first kappa shape index (κ1) is 23.1. The molecule has 4 nitrogen and oxygen atoms in total. The predicted molar refractivity (Wildman–Crippen MR) is 129 cm³/mol. The van der Waals surface area contributed by atoms with Crippen molar-refractivity contribution in [1.82, 2.24) is 0 Å². The molecule has 0 amide bonds. The van der Waals surface area contributed by atoms with E-state index < -0.39 is 0 Å². The minimum Gasteiger partial charge on any atom is -0.384 e. The number of anilines is 2. The Labute approximate surface area is 186 Å². The van der Waals surface area contributed by atoms with E-state index >= 15 is 0 Å². The van der Waals surface area contributed by atoms with Crippen LogP contribution < -0.4 is 10.6 Å². The Morgan fingerprint density at radius 2 is 1.39 bits per heavy atom. The molecule has 0 fully saturated rings. The number of carbonyl (C=O) groups is 2.